The molecule has 0 heterocycles. The van der Waals surface area contributed by atoms with Crippen LogP contribution in [0.1, 0.15) is 11.7 Å². The molecule has 0 aliphatic heterocycles. The molecule has 0 saturated heterocycles. The standard InChI is InChI=1S/C20H19O2P/c21-20(17-10-4-1-5-11-17)16-23(22,18-12-6-2-7-13-18)19-14-8-3-9-15-19/h1-15,20-21H,16H2. The van der Waals surface area contributed by atoms with E-state index >= 15 is 0 Å². The highest BCUT2D eigenvalue weighted by Gasteiger charge is 2.30. The monoisotopic (exact) mass is 322 g/mol. The molecule has 0 bridgehead atoms. The smallest absolute Gasteiger partial charge is 0.146 e. The van der Waals surface area contributed by atoms with Gasteiger partial charge in [-0.2, -0.15) is 0 Å². The van der Waals surface area contributed by atoms with Gasteiger partial charge < -0.3 is 9.67 Å². The molecular formula is C20H19O2P. The predicted octanol–water partition coefficient (Wildman–Crippen LogP) is 3.73. The third-order valence-corrected chi connectivity index (χ3v) is 7.09. The molecule has 0 aliphatic carbocycles. The molecule has 3 rings (SSSR count). The van der Waals surface area contributed by atoms with Crippen LogP contribution < -0.4 is 10.6 Å². The molecule has 2 nitrogen and oxygen atoms in total. The van der Waals surface area contributed by atoms with E-state index in [1.807, 2.05) is 91.0 Å². The Balaban J connectivity index is 2.02. The lowest BCUT2D eigenvalue weighted by Crippen LogP contribution is -2.21. The van der Waals surface area contributed by atoms with Gasteiger partial charge in [0.05, 0.1) is 6.10 Å². The average molecular weight is 322 g/mol. The van der Waals surface area contributed by atoms with Gasteiger partial charge in [-0.3, -0.25) is 0 Å². The molecule has 23 heavy (non-hydrogen) atoms. The SMILES string of the molecule is O=P(CC(O)c1ccccc1)(c1ccccc1)c1ccccc1. The van der Waals surface area contributed by atoms with Gasteiger partial charge in [0, 0.05) is 16.8 Å². The Hall–Kier alpha value is -2.15. The molecule has 0 fully saturated rings. The summed E-state index contributed by atoms with van der Waals surface area (Å²) in [6, 6.07) is 28.3. The van der Waals surface area contributed by atoms with Gasteiger partial charge in [-0.15, -0.1) is 0 Å². The molecule has 3 heteroatoms. The van der Waals surface area contributed by atoms with E-state index in [2.05, 4.69) is 0 Å². The number of aliphatic hydroxyl groups excluding tert-OH is 1. The molecule has 0 spiro atoms. The van der Waals surface area contributed by atoms with Crippen molar-refractivity contribution >= 4 is 17.8 Å². The lowest BCUT2D eigenvalue weighted by atomic mass is 10.1. The zero-order valence-electron chi connectivity index (χ0n) is 12.7. The number of hydrogen-bond acceptors (Lipinski definition) is 2. The molecule has 0 aliphatic rings. The molecule has 116 valence electrons. The van der Waals surface area contributed by atoms with Crippen LogP contribution in [0.5, 0.6) is 0 Å². The normalized spacial score (nSPS) is 12.7. The lowest BCUT2D eigenvalue weighted by Gasteiger charge is -2.22. The topological polar surface area (TPSA) is 37.3 Å². The Labute approximate surface area is 136 Å². The summed E-state index contributed by atoms with van der Waals surface area (Å²) in [5.74, 6) is 0. The molecular weight excluding hydrogens is 303 g/mol. The highest BCUT2D eigenvalue weighted by molar-refractivity contribution is 7.78. The fourth-order valence-corrected chi connectivity index (χ4v) is 5.45. The largest absolute Gasteiger partial charge is 0.388 e. The number of rotatable bonds is 5. The van der Waals surface area contributed by atoms with Crippen LogP contribution in [0.25, 0.3) is 0 Å². The molecule has 1 N–H and O–H groups in total. The summed E-state index contributed by atoms with van der Waals surface area (Å²) in [6.07, 6.45) is -0.562. The van der Waals surface area contributed by atoms with Gasteiger partial charge in [-0.05, 0) is 5.56 Å². The molecule has 0 radical (unpaired) electrons. The second kappa shape index (κ2) is 6.95. The molecule has 3 aromatic rings. The van der Waals surface area contributed by atoms with E-state index in [4.69, 9.17) is 0 Å². The Morgan fingerprint density at radius 1 is 0.696 bits per heavy atom. The van der Waals surface area contributed by atoms with Gasteiger partial charge in [-0.1, -0.05) is 91.0 Å². The van der Waals surface area contributed by atoms with Gasteiger partial charge >= 0.3 is 0 Å². The van der Waals surface area contributed by atoms with E-state index < -0.39 is 13.2 Å². The quantitative estimate of drug-likeness (QED) is 0.727. The first kappa shape index (κ1) is 15.7. The predicted molar refractivity (Wildman–Crippen MR) is 96.0 cm³/mol. The van der Waals surface area contributed by atoms with E-state index in [0.29, 0.717) is 0 Å². The third kappa shape index (κ3) is 3.44. The van der Waals surface area contributed by atoms with Crippen molar-refractivity contribution in [2.24, 2.45) is 0 Å². The maximum atomic E-state index is 13.8. The summed E-state index contributed by atoms with van der Waals surface area (Å²) >= 11 is 0. The number of aliphatic hydroxyl groups is 1. The van der Waals surface area contributed by atoms with Crippen molar-refractivity contribution in [3.63, 3.8) is 0 Å². The third-order valence-electron chi connectivity index (χ3n) is 3.96. The van der Waals surface area contributed by atoms with E-state index in [0.717, 1.165) is 16.2 Å². The van der Waals surface area contributed by atoms with Crippen molar-refractivity contribution in [2.45, 2.75) is 6.10 Å². The summed E-state index contributed by atoms with van der Waals surface area (Å²) in [4.78, 5) is 0. The summed E-state index contributed by atoms with van der Waals surface area (Å²) < 4.78 is 13.8. The van der Waals surface area contributed by atoms with Crippen LogP contribution in [0, 0.1) is 0 Å². The first-order valence-corrected chi connectivity index (χ1v) is 9.53. The van der Waals surface area contributed by atoms with E-state index in [1.54, 1.807) is 0 Å². The van der Waals surface area contributed by atoms with Crippen LogP contribution in [-0.2, 0) is 4.57 Å². The maximum absolute atomic E-state index is 13.8. The fourth-order valence-electron chi connectivity index (χ4n) is 2.72. The minimum Gasteiger partial charge on any atom is -0.388 e. The van der Waals surface area contributed by atoms with E-state index in [-0.39, 0.29) is 6.16 Å². The van der Waals surface area contributed by atoms with Crippen molar-refractivity contribution in [3.8, 4) is 0 Å². The first-order valence-electron chi connectivity index (χ1n) is 7.63. The second-order valence-electron chi connectivity index (χ2n) is 5.52. The first-order chi connectivity index (χ1) is 11.2. The van der Waals surface area contributed by atoms with Crippen LogP contribution in [0.3, 0.4) is 0 Å². The van der Waals surface area contributed by atoms with Crippen LogP contribution in [0.4, 0.5) is 0 Å². The maximum Gasteiger partial charge on any atom is 0.146 e. The number of hydrogen-bond donors (Lipinski definition) is 1. The van der Waals surface area contributed by atoms with Gasteiger partial charge in [-0.25, -0.2) is 0 Å². The van der Waals surface area contributed by atoms with Gasteiger partial charge in [0.2, 0.25) is 0 Å². The van der Waals surface area contributed by atoms with Crippen molar-refractivity contribution < 1.29 is 9.67 Å². The Morgan fingerprint density at radius 2 is 1.09 bits per heavy atom. The molecule has 0 aromatic heterocycles. The van der Waals surface area contributed by atoms with Crippen LogP contribution >= 0.6 is 7.14 Å². The summed E-state index contributed by atoms with van der Waals surface area (Å²) in [5.41, 5.74) is 0.791. The fraction of sp³-hybridized carbons (Fsp3) is 0.100. The molecule has 3 aromatic carbocycles. The zero-order valence-corrected chi connectivity index (χ0v) is 13.6. The highest BCUT2D eigenvalue weighted by atomic mass is 31.2. The Kier molecular flexibility index (Phi) is 4.76. The van der Waals surface area contributed by atoms with Gasteiger partial charge in [0.25, 0.3) is 0 Å². The van der Waals surface area contributed by atoms with E-state index in [1.165, 1.54) is 0 Å². The van der Waals surface area contributed by atoms with Gasteiger partial charge in [0.15, 0.2) is 0 Å². The minimum absolute atomic E-state index is 0.199. The van der Waals surface area contributed by atoms with Crippen LogP contribution in [0.2, 0.25) is 0 Å². The minimum atomic E-state index is -2.90. The summed E-state index contributed by atoms with van der Waals surface area (Å²) in [6.45, 7) is 0. The summed E-state index contributed by atoms with van der Waals surface area (Å²) in [7, 11) is -2.90. The van der Waals surface area contributed by atoms with E-state index in [9.17, 15) is 9.67 Å². The molecule has 1 unspecified atom stereocenters. The second-order valence-corrected chi connectivity index (χ2v) is 8.40. The Bertz CT molecular complexity index is 742. The lowest BCUT2D eigenvalue weighted by molar-refractivity contribution is 0.202. The zero-order chi connectivity index (χ0) is 16.1. The van der Waals surface area contributed by atoms with Crippen molar-refractivity contribution in [1.82, 2.24) is 0 Å². The Morgan fingerprint density at radius 3 is 1.52 bits per heavy atom. The van der Waals surface area contributed by atoms with Crippen molar-refractivity contribution in [1.29, 1.82) is 0 Å². The molecule has 1 atom stereocenters. The molecule has 0 amide bonds. The molecule has 0 saturated carbocycles. The van der Waals surface area contributed by atoms with Crippen LogP contribution in [0.15, 0.2) is 91.0 Å². The highest BCUT2D eigenvalue weighted by Crippen LogP contribution is 2.46. The van der Waals surface area contributed by atoms with Crippen LogP contribution in [-0.4, -0.2) is 11.3 Å². The van der Waals surface area contributed by atoms with Crippen molar-refractivity contribution in [2.75, 3.05) is 6.16 Å². The summed E-state index contributed by atoms with van der Waals surface area (Å²) in [5, 5.41) is 12.2. The van der Waals surface area contributed by atoms with Crippen molar-refractivity contribution in [3.05, 3.63) is 96.6 Å². The van der Waals surface area contributed by atoms with Gasteiger partial charge in [0.1, 0.15) is 7.14 Å². The average Bonchev–Trinajstić information content (AvgIpc) is 2.64. The number of benzene rings is 3.